The van der Waals surface area contributed by atoms with Crippen molar-refractivity contribution in [2.45, 2.75) is 38.3 Å². The molecule has 6 heteroatoms. The zero-order valence-electron chi connectivity index (χ0n) is 13.8. The van der Waals surface area contributed by atoms with Crippen molar-refractivity contribution >= 4 is 29.9 Å². The molecule has 2 N–H and O–H groups in total. The lowest BCUT2D eigenvalue weighted by molar-refractivity contribution is -0.123. The van der Waals surface area contributed by atoms with Crippen molar-refractivity contribution in [2.75, 3.05) is 26.7 Å². The second-order valence-corrected chi connectivity index (χ2v) is 6.38. The Bertz CT molecular complexity index is 481. The van der Waals surface area contributed by atoms with Crippen LogP contribution in [0.5, 0.6) is 0 Å². The predicted octanol–water partition coefficient (Wildman–Crippen LogP) is 3.01. The minimum Gasteiger partial charge on any atom is -0.348 e. The molecule has 0 radical (unpaired) electrons. The van der Waals surface area contributed by atoms with E-state index >= 15 is 0 Å². The van der Waals surface area contributed by atoms with Crippen molar-refractivity contribution in [3.63, 3.8) is 0 Å². The van der Waals surface area contributed by atoms with Gasteiger partial charge in [-0.1, -0.05) is 30.7 Å². The maximum atomic E-state index is 12.3. The lowest BCUT2D eigenvalue weighted by atomic mass is 10.0. The number of nitrogens with one attached hydrogen (secondary N) is 2. The van der Waals surface area contributed by atoms with Crippen molar-refractivity contribution in [3.8, 4) is 0 Å². The second-order valence-electron chi connectivity index (χ2n) is 5.94. The average molecular weight is 360 g/mol. The third-order valence-corrected chi connectivity index (χ3v) is 4.55. The Hall–Kier alpha value is -0.810. The molecule has 1 aromatic rings. The van der Waals surface area contributed by atoms with Crippen LogP contribution in [0.2, 0.25) is 5.02 Å². The van der Waals surface area contributed by atoms with E-state index in [1.165, 1.54) is 6.42 Å². The van der Waals surface area contributed by atoms with E-state index in [0.717, 1.165) is 36.5 Å². The summed E-state index contributed by atoms with van der Waals surface area (Å²) in [6.45, 7) is 4.50. The highest BCUT2D eigenvalue weighted by Gasteiger charge is 2.21. The highest BCUT2D eigenvalue weighted by molar-refractivity contribution is 6.30. The minimum absolute atomic E-state index is 0. The summed E-state index contributed by atoms with van der Waals surface area (Å²) in [5.74, 6) is 0.0959. The number of hydrogen-bond donors (Lipinski definition) is 2. The maximum Gasteiger partial charge on any atom is 0.234 e. The van der Waals surface area contributed by atoms with E-state index < -0.39 is 0 Å². The first-order valence-corrected chi connectivity index (χ1v) is 8.44. The van der Waals surface area contributed by atoms with Gasteiger partial charge in [-0.05, 0) is 50.6 Å². The molecule has 2 rings (SSSR count). The number of piperidine rings is 1. The Kier molecular flexibility index (Phi) is 8.92. The molecule has 130 valence electrons. The summed E-state index contributed by atoms with van der Waals surface area (Å²) in [4.78, 5) is 14.5. The summed E-state index contributed by atoms with van der Waals surface area (Å²) in [6.07, 6.45) is 3.21. The molecule has 1 heterocycles. The van der Waals surface area contributed by atoms with Gasteiger partial charge >= 0.3 is 0 Å². The number of rotatable bonds is 6. The topological polar surface area (TPSA) is 44.4 Å². The number of nitrogens with zero attached hydrogens (tertiary/aromatic N) is 1. The lowest BCUT2D eigenvalue weighted by Gasteiger charge is -2.32. The van der Waals surface area contributed by atoms with Gasteiger partial charge in [0.15, 0.2) is 0 Å². The van der Waals surface area contributed by atoms with Crippen LogP contribution >= 0.6 is 24.0 Å². The number of carbonyl (C=O) groups excluding carboxylic acids is 1. The molecule has 4 nitrogen and oxygen atoms in total. The van der Waals surface area contributed by atoms with E-state index in [2.05, 4.69) is 22.5 Å². The molecule has 1 aliphatic heterocycles. The summed E-state index contributed by atoms with van der Waals surface area (Å²) < 4.78 is 0. The van der Waals surface area contributed by atoms with Crippen molar-refractivity contribution in [1.82, 2.24) is 15.5 Å². The largest absolute Gasteiger partial charge is 0.348 e. The molecule has 1 fully saturated rings. The van der Waals surface area contributed by atoms with Crippen molar-refractivity contribution < 1.29 is 4.79 Å². The third kappa shape index (κ3) is 6.30. The van der Waals surface area contributed by atoms with Gasteiger partial charge < -0.3 is 10.6 Å². The van der Waals surface area contributed by atoms with Gasteiger partial charge in [0.05, 0.1) is 12.6 Å². The van der Waals surface area contributed by atoms with E-state index in [-0.39, 0.29) is 24.4 Å². The van der Waals surface area contributed by atoms with E-state index in [1.54, 1.807) is 0 Å². The number of carbonyl (C=O) groups is 1. The van der Waals surface area contributed by atoms with Crippen LogP contribution in [0.1, 0.15) is 37.8 Å². The number of halogens is 2. The zero-order chi connectivity index (χ0) is 15.9. The third-order valence-electron chi connectivity index (χ3n) is 4.30. The Balaban J connectivity index is 0.00000264. The van der Waals surface area contributed by atoms with Gasteiger partial charge in [-0.25, -0.2) is 0 Å². The van der Waals surface area contributed by atoms with Gasteiger partial charge in [0, 0.05) is 17.6 Å². The molecule has 0 saturated carbocycles. The summed E-state index contributed by atoms with van der Waals surface area (Å²) in [5.41, 5.74) is 1.10. The van der Waals surface area contributed by atoms with Crippen LogP contribution < -0.4 is 10.6 Å². The molecule has 2 atom stereocenters. The van der Waals surface area contributed by atoms with Crippen LogP contribution in [0.4, 0.5) is 0 Å². The first kappa shape index (κ1) is 20.2. The van der Waals surface area contributed by atoms with Crippen molar-refractivity contribution in [2.24, 2.45) is 0 Å². The van der Waals surface area contributed by atoms with E-state index in [9.17, 15) is 4.79 Å². The summed E-state index contributed by atoms with van der Waals surface area (Å²) in [7, 11) is 1.99. The monoisotopic (exact) mass is 359 g/mol. The van der Waals surface area contributed by atoms with Crippen LogP contribution in [0.3, 0.4) is 0 Å². The fourth-order valence-corrected chi connectivity index (χ4v) is 3.12. The Morgan fingerprint density at radius 1 is 1.39 bits per heavy atom. The molecule has 1 aromatic carbocycles. The molecule has 1 amide bonds. The molecular formula is C17H27Cl2N3O. The van der Waals surface area contributed by atoms with Crippen LogP contribution in [0.25, 0.3) is 0 Å². The smallest absolute Gasteiger partial charge is 0.234 e. The van der Waals surface area contributed by atoms with Gasteiger partial charge in [-0.15, -0.1) is 12.4 Å². The SMILES string of the molecule is CCC(NC(=O)CN1CCCC(NC)C1)c1ccc(Cl)cc1.Cl. The fourth-order valence-electron chi connectivity index (χ4n) is 2.99. The molecule has 1 saturated heterocycles. The standard InChI is InChI=1S/C17H26ClN3O.ClH/c1-3-16(13-6-8-14(18)9-7-13)20-17(22)12-21-10-4-5-15(11-21)19-2;/h6-9,15-16,19H,3-5,10-12H2,1-2H3,(H,20,22);1H. The fraction of sp³-hybridized carbons (Fsp3) is 0.588. The summed E-state index contributed by atoms with van der Waals surface area (Å²) >= 11 is 5.92. The van der Waals surface area contributed by atoms with Crippen molar-refractivity contribution in [3.05, 3.63) is 34.9 Å². The van der Waals surface area contributed by atoms with Crippen LogP contribution in [0, 0.1) is 0 Å². The second kappa shape index (κ2) is 10.1. The highest BCUT2D eigenvalue weighted by Crippen LogP contribution is 2.19. The number of likely N-dealkylation sites (N-methyl/N-ethyl adjacent to an activating group) is 1. The Labute approximate surface area is 150 Å². The molecule has 2 unspecified atom stereocenters. The number of hydrogen-bond acceptors (Lipinski definition) is 3. The Morgan fingerprint density at radius 3 is 2.70 bits per heavy atom. The Morgan fingerprint density at radius 2 is 2.09 bits per heavy atom. The first-order chi connectivity index (χ1) is 10.6. The molecule has 0 aliphatic carbocycles. The predicted molar refractivity (Wildman–Crippen MR) is 98.4 cm³/mol. The van der Waals surface area contributed by atoms with Crippen LogP contribution in [0.15, 0.2) is 24.3 Å². The highest BCUT2D eigenvalue weighted by atomic mass is 35.5. The summed E-state index contributed by atoms with van der Waals surface area (Å²) in [6, 6.07) is 8.25. The number of likely N-dealkylation sites (tertiary alicyclic amines) is 1. The van der Waals surface area contributed by atoms with Crippen LogP contribution in [-0.2, 0) is 4.79 Å². The zero-order valence-corrected chi connectivity index (χ0v) is 15.4. The first-order valence-electron chi connectivity index (χ1n) is 8.06. The maximum absolute atomic E-state index is 12.3. The lowest BCUT2D eigenvalue weighted by Crippen LogP contribution is -2.48. The van der Waals surface area contributed by atoms with Crippen LogP contribution in [-0.4, -0.2) is 43.5 Å². The van der Waals surface area contributed by atoms with Gasteiger partial charge in [-0.2, -0.15) is 0 Å². The minimum atomic E-state index is 0. The van der Waals surface area contributed by atoms with E-state index in [1.807, 2.05) is 31.3 Å². The van der Waals surface area contributed by atoms with Gasteiger partial charge in [-0.3, -0.25) is 9.69 Å². The quantitative estimate of drug-likeness (QED) is 0.820. The molecule has 0 bridgehead atoms. The molecule has 23 heavy (non-hydrogen) atoms. The summed E-state index contributed by atoms with van der Waals surface area (Å²) in [5, 5.41) is 7.16. The average Bonchev–Trinajstić information content (AvgIpc) is 2.53. The van der Waals surface area contributed by atoms with E-state index in [4.69, 9.17) is 11.6 Å². The van der Waals surface area contributed by atoms with Gasteiger partial charge in [0.1, 0.15) is 0 Å². The van der Waals surface area contributed by atoms with Crippen molar-refractivity contribution in [1.29, 1.82) is 0 Å². The molecule has 0 spiro atoms. The van der Waals surface area contributed by atoms with E-state index in [0.29, 0.717) is 12.6 Å². The molecule has 0 aromatic heterocycles. The number of benzene rings is 1. The number of amides is 1. The van der Waals surface area contributed by atoms with Gasteiger partial charge in [0.25, 0.3) is 0 Å². The van der Waals surface area contributed by atoms with Gasteiger partial charge in [0.2, 0.25) is 5.91 Å². The molecular weight excluding hydrogens is 333 g/mol. The molecule has 1 aliphatic rings. The normalized spacial score (nSPS) is 19.7.